The summed E-state index contributed by atoms with van der Waals surface area (Å²) >= 11 is 0. The molecule has 1 heterocycles. The smallest absolute Gasteiger partial charge is 0.209 e. The molecule has 0 bridgehead atoms. The standard InChI is InChI=1S/C22H27NO2/c1-12(2)16-9-7-15(8-10-16)11-17-13(3)19(23)14(4)18-20(17)25-22(5,6)21(18)24/h7-10,12H,11,23H2,1-6H3. The second-order valence-corrected chi connectivity index (χ2v) is 7.86. The van der Waals surface area contributed by atoms with Crippen molar-refractivity contribution >= 4 is 11.5 Å². The molecule has 3 nitrogen and oxygen atoms in total. The largest absolute Gasteiger partial charge is 0.479 e. The number of fused-ring (bicyclic) bond motifs is 1. The molecule has 25 heavy (non-hydrogen) atoms. The van der Waals surface area contributed by atoms with Crippen molar-refractivity contribution < 1.29 is 9.53 Å². The van der Waals surface area contributed by atoms with E-state index in [9.17, 15) is 4.79 Å². The van der Waals surface area contributed by atoms with Crippen LogP contribution < -0.4 is 10.5 Å². The van der Waals surface area contributed by atoms with Crippen LogP contribution in [-0.2, 0) is 6.42 Å². The first kappa shape index (κ1) is 17.5. The van der Waals surface area contributed by atoms with Crippen LogP contribution in [0.25, 0.3) is 0 Å². The average Bonchev–Trinajstić information content (AvgIpc) is 2.80. The van der Waals surface area contributed by atoms with Gasteiger partial charge < -0.3 is 10.5 Å². The molecule has 0 saturated heterocycles. The van der Waals surface area contributed by atoms with E-state index in [1.54, 1.807) is 0 Å². The molecule has 0 saturated carbocycles. The number of ketones is 1. The topological polar surface area (TPSA) is 52.3 Å². The van der Waals surface area contributed by atoms with Gasteiger partial charge in [-0.3, -0.25) is 4.79 Å². The number of hydrogen-bond donors (Lipinski definition) is 1. The lowest BCUT2D eigenvalue weighted by Crippen LogP contribution is -2.32. The van der Waals surface area contributed by atoms with E-state index in [0.717, 1.165) is 16.7 Å². The van der Waals surface area contributed by atoms with Gasteiger partial charge in [0.1, 0.15) is 5.75 Å². The molecule has 1 aliphatic rings. The van der Waals surface area contributed by atoms with Crippen molar-refractivity contribution in [2.24, 2.45) is 0 Å². The molecular formula is C22H27NO2. The van der Waals surface area contributed by atoms with Crippen LogP contribution in [0, 0.1) is 13.8 Å². The normalized spacial score (nSPS) is 15.4. The summed E-state index contributed by atoms with van der Waals surface area (Å²) in [4.78, 5) is 12.7. The second-order valence-electron chi connectivity index (χ2n) is 7.86. The summed E-state index contributed by atoms with van der Waals surface area (Å²) in [5.41, 5.74) is 12.2. The number of nitrogens with two attached hydrogens (primary N) is 1. The Labute approximate surface area is 150 Å². The Hall–Kier alpha value is -2.29. The lowest BCUT2D eigenvalue weighted by atomic mass is 9.89. The van der Waals surface area contributed by atoms with Crippen LogP contribution in [-0.4, -0.2) is 11.4 Å². The summed E-state index contributed by atoms with van der Waals surface area (Å²) in [5.74, 6) is 1.24. The second kappa shape index (κ2) is 5.91. The molecule has 2 aromatic carbocycles. The lowest BCUT2D eigenvalue weighted by Gasteiger charge is -2.19. The predicted octanol–water partition coefficient (Wildman–Crippen LogP) is 4.95. The minimum atomic E-state index is -0.830. The molecule has 2 N–H and O–H groups in total. The molecule has 132 valence electrons. The molecule has 0 aliphatic carbocycles. The van der Waals surface area contributed by atoms with Gasteiger partial charge >= 0.3 is 0 Å². The first-order valence-corrected chi connectivity index (χ1v) is 8.87. The zero-order valence-electron chi connectivity index (χ0n) is 16.0. The number of carbonyl (C=O) groups excluding carboxylic acids is 1. The maximum atomic E-state index is 12.7. The molecule has 2 aromatic rings. The maximum Gasteiger partial charge on any atom is 0.209 e. The fraction of sp³-hybridized carbons (Fsp3) is 0.409. The van der Waals surface area contributed by atoms with Crippen molar-refractivity contribution in [1.82, 2.24) is 0 Å². The number of hydrogen-bond acceptors (Lipinski definition) is 3. The Morgan fingerprint density at radius 2 is 1.68 bits per heavy atom. The maximum absolute atomic E-state index is 12.7. The highest BCUT2D eigenvalue weighted by atomic mass is 16.5. The third kappa shape index (κ3) is 2.82. The molecule has 1 aliphatic heterocycles. The molecule has 0 spiro atoms. The van der Waals surface area contributed by atoms with Crippen LogP contribution in [0.5, 0.6) is 5.75 Å². The predicted molar refractivity (Wildman–Crippen MR) is 103 cm³/mol. The van der Waals surface area contributed by atoms with E-state index in [4.69, 9.17) is 10.5 Å². The molecule has 0 atom stereocenters. The van der Waals surface area contributed by atoms with Gasteiger partial charge in [-0.1, -0.05) is 38.1 Å². The summed E-state index contributed by atoms with van der Waals surface area (Å²) in [7, 11) is 0. The van der Waals surface area contributed by atoms with Crippen LogP contribution in [0.2, 0.25) is 0 Å². The highest BCUT2D eigenvalue weighted by Crippen LogP contribution is 2.44. The number of Topliss-reactive ketones (excluding diaryl/α,β-unsaturated/α-hetero) is 1. The fourth-order valence-corrected chi connectivity index (χ4v) is 3.50. The van der Waals surface area contributed by atoms with Crippen molar-refractivity contribution in [3.63, 3.8) is 0 Å². The van der Waals surface area contributed by atoms with Crippen LogP contribution in [0.4, 0.5) is 5.69 Å². The number of nitrogen functional groups attached to an aromatic ring is 1. The van der Waals surface area contributed by atoms with Crippen LogP contribution in [0.15, 0.2) is 24.3 Å². The number of anilines is 1. The molecule has 0 radical (unpaired) electrons. The van der Waals surface area contributed by atoms with Gasteiger partial charge in [-0.2, -0.15) is 0 Å². The number of rotatable bonds is 3. The first-order chi connectivity index (χ1) is 11.6. The molecule has 0 aromatic heterocycles. The van der Waals surface area contributed by atoms with Gasteiger partial charge in [0, 0.05) is 17.7 Å². The van der Waals surface area contributed by atoms with E-state index in [0.29, 0.717) is 29.3 Å². The van der Waals surface area contributed by atoms with Gasteiger partial charge in [0.05, 0.1) is 5.56 Å². The van der Waals surface area contributed by atoms with Gasteiger partial charge in [-0.05, 0) is 55.9 Å². The van der Waals surface area contributed by atoms with Crippen LogP contribution in [0.1, 0.15) is 71.8 Å². The highest BCUT2D eigenvalue weighted by Gasteiger charge is 2.43. The zero-order chi connectivity index (χ0) is 18.5. The van der Waals surface area contributed by atoms with Crippen molar-refractivity contribution in [3.8, 4) is 5.75 Å². The van der Waals surface area contributed by atoms with E-state index in [1.807, 2.05) is 27.7 Å². The number of benzene rings is 2. The van der Waals surface area contributed by atoms with Crippen molar-refractivity contribution in [3.05, 3.63) is 57.6 Å². The molecule has 3 rings (SSSR count). The SMILES string of the molecule is Cc1c(N)c(C)c2c(c1Cc1ccc(C(C)C)cc1)OC(C)(C)C2=O. The Balaban J connectivity index is 2.09. The molecule has 0 fully saturated rings. The third-order valence-corrected chi connectivity index (χ3v) is 5.30. The van der Waals surface area contributed by atoms with E-state index >= 15 is 0 Å². The van der Waals surface area contributed by atoms with Crippen LogP contribution >= 0.6 is 0 Å². The number of ether oxygens (including phenoxy) is 1. The summed E-state index contributed by atoms with van der Waals surface area (Å²) in [6, 6.07) is 8.64. The highest BCUT2D eigenvalue weighted by molar-refractivity contribution is 6.09. The Morgan fingerprint density at radius 3 is 2.24 bits per heavy atom. The van der Waals surface area contributed by atoms with E-state index in [2.05, 4.69) is 38.1 Å². The van der Waals surface area contributed by atoms with Gasteiger partial charge in [0.25, 0.3) is 0 Å². The average molecular weight is 337 g/mol. The van der Waals surface area contributed by atoms with Crippen molar-refractivity contribution in [1.29, 1.82) is 0 Å². The lowest BCUT2D eigenvalue weighted by molar-refractivity contribution is 0.0682. The quantitative estimate of drug-likeness (QED) is 0.806. The zero-order valence-corrected chi connectivity index (χ0v) is 16.0. The Bertz CT molecular complexity index is 846. The van der Waals surface area contributed by atoms with Gasteiger partial charge in [-0.25, -0.2) is 0 Å². The first-order valence-electron chi connectivity index (χ1n) is 8.87. The third-order valence-electron chi connectivity index (χ3n) is 5.30. The summed E-state index contributed by atoms with van der Waals surface area (Å²) in [5, 5.41) is 0. The number of carbonyl (C=O) groups is 1. The van der Waals surface area contributed by atoms with Gasteiger partial charge in [-0.15, -0.1) is 0 Å². The van der Waals surface area contributed by atoms with E-state index < -0.39 is 5.60 Å². The monoisotopic (exact) mass is 337 g/mol. The fourth-order valence-electron chi connectivity index (χ4n) is 3.50. The minimum absolute atomic E-state index is 0.0168. The summed E-state index contributed by atoms with van der Waals surface area (Å²) in [6.45, 7) is 11.9. The minimum Gasteiger partial charge on any atom is -0.479 e. The van der Waals surface area contributed by atoms with Gasteiger partial charge in [0.2, 0.25) is 5.78 Å². The summed E-state index contributed by atoms with van der Waals surface area (Å²) in [6.07, 6.45) is 0.709. The van der Waals surface area contributed by atoms with E-state index in [1.165, 1.54) is 11.1 Å². The molecule has 0 unspecified atom stereocenters. The molecule has 0 amide bonds. The Kier molecular flexibility index (Phi) is 4.14. The molecule has 3 heteroatoms. The van der Waals surface area contributed by atoms with Crippen molar-refractivity contribution in [2.75, 3.05) is 5.73 Å². The van der Waals surface area contributed by atoms with Gasteiger partial charge in [0.15, 0.2) is 5.60 Å². The molecular weight excluding hydrogens is 310 g/mol. The van der Waals surface area contributed by atoms with Crippen LogP contribution in [0.3, 0.4) is 0 Å². The summed E-state index contributed by atoms with van der Waals surface area (Å²) < 4.78 is 6.08. The van der Waals surface area contributed by atoms with Crippen molar-refractivity contribution in [2.45, 2.75) is 59.5 Å². The van der Waals surface area contributed by atoms with E-state index in [-0.39, 0.29) is 5.78 Å². The Morgan fingerprint density at radius 1 is 1.08 bits per heavy atom.